The van der Waals surface area contributed by atoms with E-state index in [0.29, 0.717) is 58.3 Å². The Balaban J connectivity index is 1.06. The number of hydrogen-bond donors (Lipinski definition) is 0. The zero-order valence-corrected chi connectivity index (χ0v) is 42.5. The van der Waals surface area contributed by atoms with Gasteiger partial charge in [-0.2, -0.15) is 13.2 Å². The molecule has 3 aliphatic carbocycles. The molecule has 1 amide bonds. The Morgan fingerprint density at radius 1 is 0.861 bits per heavy atom. The zero-order valence-electron chi connectivity index (χ0n) is 41.0. The number of carbonyl (C=O) groups excluding carboxylic acids is 2. The number of methoxy groups -OCH3 is 2. The lowest BCUT2D eigenvalue weighted by Crippen LogP contribution is -2.63. The molecule has 9 rings (SSSR count). The molecule has 72 heavy (non-hydrogen) atoms. The van der Waals surface area contributed by atoms with Crippen molar-refractivity contribution in [3.05, 3.63) is 147 Å². The summed E-state index contributed by atoms with van der Waals surface area (Å²) >= 11 is 13.6. The second-order valence-electron chi connectivity index (χ2n) is 19.6. The number of hydrogen-bond acceptors (Lipinski definition) is 9. The van der Waals surface area contributed by atoms with Gasteiger partial charge in [0.25, 0.3) is 0 Å². The number of anilines is 1. The molecule has 0 saturated heterocycles. The van der Waals surface area contributed by atoms with Crippen molar-refractivity contribution in [3.63, 3.8) is 0 Å². The number of esters is 1. The Morgan fingerprint density at radius 2 is 1.64 bits per heavy atom. The summed E-state index contributed by atoms with van der Waals surface area (Å²) in [6, 6.07) is 26.9. The molecule has 376 valence electrons. The number of carbonyl (C=O) groups is 2. The van der Waals surface area contributed by atoms with Gasteiger partial charge in [0.15, 0.2) is 5.82 Å². The van der Waals surface area contributed by atoms with Crippen molar-refractivity contribution in [1.29, 1.82) is 0 Å². The van der Waals surface area contributed by atoms with Crippen molar-refractivity contribution in [2.45, 2.75) is 108 Å². The first-order chi connectivity index (χ1) is 34.5. The number of amides is 1. The van der Waals surface area contributed by atoms with Gasteiger partial charge in [-0.1, -0.05) is 61.3 Å². The number of aryl methyl sites for hydroxylation is 2. The summed E-state index contributed by atoms with van der Waals surface area (Å²) in [5.41, 5.74) is 5.51. The van der Waals surface area contributed by atoms with Crippen LogP contribution in [0, 0.1) is 18.8 Å². The van der Waals surface area contributed by atoms with E-state index in [1.54, 1.807) is 19.4 Å². The fourth-order valence-corrected chi connectivity index (χ4v) is 12.1. The van der Waals surface area contributed by atoms with E-state index in [2.05, 4.69) is 29.9 Å². The maximum atomic E-state index is 14.7. The van der Waals surface area contributed by atoms with Gasteiger partial charge in [-0.25, -0.2) is 14.8 Å². The highest BCUT2D eigenvalue weighted by Gasteiger charge is 2.60. The van der Waals surface area contributed by atoms with E-state index < -0.39 is 29.0 Å². The first-order valence-corrected chi connectivity index (χ1v) is 25.2. The van der Waals surface area contributed by atoms with Gasteiger partial charge in [0.2, 0.25) is 0 Å². The molecule has 10 nitrogen and oxygen atoms in total. The van der Waals surface area contributed by atoms with Crippen LogP contribution in [0.3, 0.4) is 0 Å². The fourth-order valence-electron chi connectivity index (χ4n) is 11.7. The first kappa shape index (κ1) is 50.7. The van der Waals surface area contributed by atoms with Crippen LogP contribution in [0.2, 0.25) is 10.0 Å². The number of halogens is 5. The number of rotatable bonds is 14. The molecule has 0 N–H and O–H groups in total. The molecule has 0 bridgehead atoms. The minimum Gasteiger partial charge on any atom is -0.496 e. The Morgan fingerprint density at radius 3 is 2.39 bits per heavy atom. The molecule has 1 spiro atoms. The molecule has 0 unspecified atom stereocenters. The SMILES string of the molecule is COC(=O)C1(N(C(=O)C(F)(F)F)c2cccc(Cl)c2)CCC2(CC1)c1cc(-c3cc(OCc4ccnc(-c5ccccc5OC)n4)ccc3C)c(Cl)cc1C[C@@H]2C[C@@H](C)COc1ccnc2c1[C@H](C)CCC2. The highest BCUT2D eigenvalue weighted by atomic mass is 35.5. The first-order valence-electron chi connectivity index (χ1n) is 24.4. The lowest BCUT2D eigenvalue weighted by atomic mass is 9.59. The predicted molar refractivity (Wildman–Crippen MR) is 272 cm³/mol. The van der Waals surface area contributed by atoms with Crippen LogP contribution < -0.4 is 19.1 Å². The van der Waals surface area contributed by atoms with Crippen LogP contribution >= 0.6 is 23.2 Å². The van der Waals surface area contributed by atoms with Gasteiger partial charge in [0.1, 0.15) is 29.4 Å². The highest BCUT2D eigenvalue weighted by molar-refractivity contribution is 6.33. The van der Waals surface area contributed by atoms with Gasteiger partial charge in [-0.05, 0) is 177 Å². The molecule has 3 atom stereocenters. The van der Waals surface area contributed by atoms with Gasteiger partial charge in [-0.15, -0.1) is 0 Å². The molecule has 0 aliphatic heterocycles. The quantitative estimate of drug-likeness (QED) is 0.0984. The Kier molecular flexibility index (Phi) is 14.6. The van der Waals surface area contributed by atoms with Crippen molar-refractivity contribution in [3.8, 4) is 39.8 Å². The topological polar surface area (TPSA) is 113 Å². The van der Waals surface area contributed by atoms with Gasteiger partial charge < -0.3 is 18.9 Å². The second-order valence-corrected chi connectivity index (χ2v) is 20.5. The summed E-state index contributed by atoms with van der Waals surface area (Å²) in [4.78, 5) is 42.3. The van der Waals surface area contributed by atoms with E-state index >= 15 is 0 Å². The summed E-state index contributed by atoms with van der Waals surface area (Å²) in [7, 11) is 2.74. The summed E-state index contributed by atoms with van der Waals surface area (Å²) in [6.45, 7) is 6.97. The van der Waals surface area contributed by atoms with Crippen molar-refractivity contribution in [2.75, 3.05) is 25.7 Å². The molecule has 6 aromatic rings. The number of pyridine rings is 1. The van der Waals surface area contributed by atoms with Crippen LogP contribution in [0.15, 0.2) is 103 Å². The van der Waals surface area contributed by atoms with Crippen LogP contribution in [0.25, 0.3) is 22.5 Å². The molecular formula is C57H57Cl2F3N4O6. The molecule has 2 aromatic heterocycles. The number of fused-ring (bicyclic) bond motifs is 3. The molecular weight excluding hydrogens is 965 g/mol. The average Bonchev–Trinajstić information content (AvgIpc) is 3.65. The van der Waals surface area contributed by atoms with Crippen molar-refractivity contribution >= 4 is 40.8 Å². The van der Waals surface area contributed by atoms with Crippen LogP contribution in [-0.4, -0.2) is 59.4 Å². The standard InChI is InChI=1S/C57H57Cl2F3N4O6/c1-34(32-72-50-19-25-63-48-14-8-10-36(3)51(48)50)26-38-27-37-28-47(59)45(44-30-42(17-16-35(44)2)71-33-40-18-24-64-52(65-40)43-13-6-7-15-49(43)69-4)31-46(37)55(38)20-22-56(23-21-55,54(68)70-5)66(53(67)57(60,61)62)41-12-9-11-39(58)29-41/h6-7,9,11-13,15-19,24-25,28-31,34,36,38H,8,10,14,20-23,26-27,32-33H2,1-5H3/t34-,36-,38+,55?,56?/m1/s1. The van der Waals surface area contributed by atoms with Gasteiger partial charge in [0, 0.05) is 44.9 Å². The lowest BCUT2D eigenvalue weighted by molar-refractivity contribution is -0.174. The molecule has 1 fully saturated rings. The summed E-state index contributed by atoms with van der Waals surface area (Å²) in [6.07, 6.45) is 2.93. The number of alkyl halides is 3. The van der Waals surface area contributed by atoms with E-state index in [4.69, 9.17) is 47.1 Å². The summed E-state index contributed by atoms with van der Waals surface area (Å²) < 4.78 is 68.0. The van der Waals surface area contributed by atoms with Gasteiger partial charge in [-0.3, -0.25) is 14.7 Å². The Labute approximate surface area is 428 Å². The summed E-state index contributed by atoms with van der Waals surface area (Å²) in [5, 5.41) is 0.654. The van der Waals surface area contributed by atoms with Crippen LogP contribution in [0.5, 0.6) is 17.2 Å². The third-order valence-corrected chi connectivity index (χ3v) is 15.7. The highest BCUT2D eigenvalue weighted by Crippen LogP contribution is 2.59. The molecule has 2 heterocycles. The maximum Gasteiger partial charge on any atom is 0.471 e. The van der Waals surface area contributed by atoms with E-state index in [1.165, 1.54) is 29.8 Å². The molecule has 4 aromatic carbocycles. The second kappa shape index (κ2) is 20.7. The molecule has 0 radical (unpaired) electrons. The van der Waals surface area contributed by atoms with Crippen molar-refractivity contribution in [2.24, 2.45) is 11.8 Å². The van der Waals surface area contributed by atoms with E-state index in [9.17, 15) is 22.8 Å². The Hall–Kier alpha value is -6.18. The zero-order chi connectivity index (χ0) is 51.0. The predicted octanol–water partition coefficient (Wildman–Crippen LogP) is 13.4. The third kappa shape index (κ3) is 9.86. The molecule has 1 saturated carbocycles. The molecule has 15 heteroatoms. The Bertz CT molecular complexity index is 3000. The van der Waals surface area contributed by atoms with Crippen LogP contribution in [0.4, 0.5) is 18.9 Å². The fraction of sp³-hybridized carbons (Fsp3) is 0.386. The molecule has 3 aliphatic rings. The minimum atomic E-state index is -5.31. The lowest BCUT2D eigenvalue weighted by Gasteiger charge is -2.51. The maximum absolute atomic E-state index is 14.7. The van der Waals surface area contributed by atoms with E-state index in [1.807, 2.05) is 67.7 Å². The third-order valence-electron chi connectivity index (χ3n) is 15.2. The van der Waals surface area contributed by atoms with Gasteiger partial charge >= 0.3 is 18.1 Å². The average molecular weight is 1020 g/mol. The van der Waals surface area contributed by atoms with Crippen LogP contribution in [-0.2, 0) is 39.2 Å². The normalized spacial score (nSPS) is 20.8. The van der Waals surface area contributed by atoms with Crippen LogP contribution in [0.1, 0.15) is 98.4 Å². The number of nitrogens with zero attached hydrogens (tertiary/aromatic N) is 4. The minimum absolute atomic E-state index is 0.0272. The van der Waals surface area contributed by atoms with Gasteiger partial charge in [0.05, 0.1) is 32.1 Å². The van der Waals surface area contributed by atoms with E-state index in [-0.39, 0.29) is 54.8 Å². The van der Waals surface area contributed by atoms with E-state index in [0.717, 1.165) is 71.2 Å². The largest absolute Gasteiger partial charge is 0.496 e. The smallest absolute Gasteiger partial charge is 0.471 e. The summed E-state index contributed by atoms with van der Waals surface area (Å²) in [5.74, 6) is -0.131. The number of aromatic nitrogens is 3. The number of benzene rings is 4. The number of para-hydroxylation sites is 1. The monoisotopic (exact) mass is 1020 g/mol. The van der Waals surface area contributed by atoms with Crippen molar-refractivity contribution < 1.29 is 41.7 Å². The van der Waals surface area contributed by atoms with Crippen molar-refractivity contribution in [1.82, 2.24) is 15.0 Å². The number of ether oxygens (including phenoxy) is 4.